The highest BCUT2D eigenvalue weighted by Crippen LogP contribution is 2.38. The summed E-state index contributed by atoms with van der Waals surface area (Å²) in [5, 5.41) is 0. The van der Waals surface area contributed by atoms with Crippen LogP contribution in [-0.4, -0.2) is 30.4 Å². The van der Waals surface area contributed by atoms with Gasteiger partial charge in [0.25, 0.3) is 0 Å². The molecule has 0 N–H and O–H groups in total. The molecule has 0 amide bonds. The summed E-state index contributed by atoms with van der Waals surface area (Å²) in [6, 6.07) is 12.2. The number of ether oxygens (including phenoxy) is 3. The Morgan fingerprint density at radius 3 is 2.48 bits per heavy atom. The molecule has 1 unspecified atom stereocenters. The van der Waals surface area contributed by atoms with Gasteiger partial charge in [-0.2, -0.15) is 0 Å². The fraction of sp³-hybridized carbons (Fsp3) is 0.269. The Kier molecular flexibility index (Phi) is 7.55. The highest BCUT2D eigenvalue weighted by molar-refractivity contribution is 5.83. The molecule has 31 heavy (non-hydrogen) atoms. The number of methoxy groups -OCH3 is 2. The van der Waals surface area contributed by atoms with Crippen molar-refractivity contribution in [1.82, 2.24) is 9.55 Å². The molecule has 0 bridgehead atoms. The number of benzene rings is 2. The summed E-state index contributed by atoms with van der Waals surface area (Å²) < 4.78 is 19.0. The van der Waals surface area contributed by atoms with Crippen molar-refractivity contribution in [3.8, 4) is 28.6 Å². The van der Waals surface area contributed by atoms with Crippen molar-refractivity contribution in [3.63, 3.8) is 0 Å². The number of rotatable bonds is 10. The summed E-state index contributed by atoms with van der Waals surface area (Å²) >= 11 is 0. The Bertz CT molecular complexity index is 1040. The fourth-order valence-corrected chi connectivity index (χ4v) is 3.34. The van der Waals surface area contributed by atoms with Crippen molar-refractivity contribution < 1.29 is 14.2 Å². The van der Waals surface area contributed by atoms with Crippen molar-refractivity contribution in [2.75, 3.05) is 20.8 Å². The molecule has 5 nitrogen and oxygen atoms in total. The molecule has 0 aliphatic carbocycles. The van der Waals surface area contributed by atoms with Crippen molar-refractivity contribution in [3.05, 3.63) is 72.6 Å². The first-order chi connectivity index (χ1) is 15.1. The van der Waals surface area contributed by atoms with E-state index in [1.165, 1.54) is 0 Å². The Morgan fingerprint density at radius 2 is 1.84 bits per heavy atom. The van der Waals surface area contributed by atoms with Crippen LogP contribution in [0.25, 0.3) is 23.5 Å². The Balaban J connectivity index is 2.04. The minimum absolute atomic E-state index is 0.323. The van der Waals surface area contributed by atoms with E-state index in [9.17, 15) is 0 Å². The van der Waals surface area contributed by atoms with Crippen LogP contribution in [0.1, 0.15) is 37.4 Å². The molecule has 0 saturated carbocycles. The first-order valence-corrected chi connectivity index (χ1v) is 10.4. The zero-order valence-electron chi connectivity index (χ0n) is 18.7. The quantitative estimate of drug-likeness (QED) is 0.287. The molecule has 0 aliphatic heterocycles. The monoisotopic (exact) mass is 418 g/mol. The summed E-state index contributed by atoms with van der Waals surface area (Å²) in [4.78, 5) is 4.66. The molecular formula is C26H30N2O3. The molecule has 3 aromatic rings. The standard InChI is InChI=1S/C26H30N2O3/c1-6-16-31-22-12-9-20(10-13-22)8-11-21-17-23(29-4)18-24(30-5)25(21)26-27-14-15-28(26)19(3)7-2/h6,8-15,17-19H,1,7,16H2,2-5H3. The Morgan fingerprint density at radius 1 is 1.06 bits per heavy atom. The van der Waals surface area contributed by atoms with Crippen LogP contribution in [0.4, 0.5) is 0 Å². The summed E-state index contributed by atoms with van der Waals surface area (Å²) in [5.74, 6) is 3.15. The fourth-order valence-electron chi connectivity index (χ4n) is 3.34. The summed E-state index contributed by atoms with van der Waals surface area (Å²) in [5.41, 5.74) is 2.97. The molecule has 0 fully saturated rings. The second-order valence-corrected chi connectivity index (χ2v) is 7.21. The van der Waals surface area contributed by atoms with Crippen molar-refractivity contribution in [1.29, 1.82) is 0 Å². The van der Waals surface area contributed by atoms with E-state index in [2.05, 4.69) is 42.1 Å². The van der Waals surface area contributed by atoms with Gasteiger partial charge in [0.2, 0.25) is 0 Å². The van der Waals surface area contributed by atoms with Gasteiger partial charge in [0.1, 0.15) is 29.7 Å². The number of imidazole rings is 1. The molecule has 5 heteroatoms. The molecule has 1 heterocycles. The lowest BCUT2D eigenvalue weighted by molar-refractivity contribution is 0.363. The van der Waals surface area contributed by atoms with E-state index in [0.29, 0.717) is 12.6 Å². The van der Waals surface area contributed by atoms with Gasteiger partial charge >= 0.3 is 0 Å². The van der Waals surface area contributed by atoms with Crippen LogP contribution in [0, 0.1) is 0 Å². The lowest BCUT2D eigenvalue weighted by atomic mass is 10.0. The smallest absolute Gasteiger partial charge is 0.144 e. The maximum Gasteiger partial charge on any atom is 0.144 e. The molecule has 0 spiro atoms. The van der Waals surface area contributed by atoms with Crippen molar-refractivity contribution in [2.24, 2.45) is 0 Å². The van der Waals surface area contributed by atoms with E-state index in [4.69, 9.17) is 14.2 Å². The summed E-state index contributed by atoms with van der Waals surface area (Å²) in [6.07, 6.45) is 10.7. The van der Waals surface area contributed by atoms with Gasteiger partial charge in [-0.1, -0.05) is 43.9 Å². The Labute approximate surface area is 184 Å². The third-order valence-corrected chi connectivity index (χ3v) is 5.22. The molecule has 2 aromatic carbocycles. The highest BCUT2D eigenvalue weighted by Gasteiger charge is 2.19. The second kappa shape index (κ2) is 10.5. The van der Waals surface area contributed by atoms with E-state index in [1.807, 2.05) is 48.8 Å². The van der Waals surface area contributed by atoms with Crippen molar-refractivity contribution in [2.45, 2.75) is 26.3 Å². The largest absolute Gasteiger partial charge is 0.497 e. The molecule has 3 rings (SSSR count). The van der Waals surface area contributed by atoms with E-state index in [0.717, 1.165) is 46.2 Å². The maximum absolute atomic E-state index is 5.73. The zero-order chi connectivity index (χ0) is 22.2. The van der Waals surface area contributed by atoms with Crippen LogP contribution < -0.4 is 14.2 Å². The SMILES string of the molecule is C=CCOc1ccc(C=Cc2cc(OC)cc(OC)c2-c2nccn2C(C)CC)cc1. The van der Waals surface area contributed by atoms with Crippen LogP contribution in [0.15, 0.2) is 61.4 Å². The lowest BCUT2D eigenvalue weighted by Gasteiger charge is -2.18. The van der Waals surface area contributed by atoms with Crippen molar-refractivity contribution >= 4 is 12.2 Å². The van der Waals surface area contributed by atoms with Gasteiger partial charge in [-0.15, -0.1) is 0 Å². The number of aromatic nitrogens is 2. The molecule has 0 saturated heterocycles. The van der Waals surface area contributed by atoms with E-state index in [-0.39, 0.29) is 0 Å². The molecule has 0 aliphatic rings. The maximum atomic E-state index is 5.73. The van der Waals surface area contributed by atoms with Gasteiger partial charge < -0.3 is 18.8 Å². The second-order valence-electron chi connectivity index (χ2n) is 7.21. The predicted octanol–water partition coefficient (Wildman–Crippen LogP) is 6.27. The average Bonchev–Trinajstić information content (AvgIpc) is 3.30. The predicted molar refractivity (Wildman–Crippen MR) is 127 cm³/mol. The molecule has 0 radical (unpaired) electrons. The Hall–Kier alpha value is -3.47. The van der Waals surface area contributed by atoms with Gasteiger partial charge in [-0.05, 0) is 42.7 Å². The third kappa shape index (κ3) is 5.18. The van der Waals surface area contributed by atoms with E-state index >= 15 is 0 Å². The summed E-state index contributed by atoms with van der Waals surface area (Å²) in [6.45, 7) is 8.52. The van der Waals surface area contributed by atoms with Gasteiger partial charge in [0, 0.05) is 24.5 Å². The minimum Gasteiger partial charge on any atom is -0.497 e. The molecule has 1 atom stereocenters. The highest BCUT2D eigenvalue weighted by atomic mass is 16.5. The van der Waals surface area contributed by atoms with E-state index < -0.39 is 0 Å². The summed E-state index contributed by atoms with van der Waals surface area (Å²) in [7, 11) is 3.33. The van der Waals surface area contributed by atoms with Crippen LogP contribution in [0.5, 0.6) is 17.2 Å². The third-order valence-electron chi connectivity index (χ3n) is 5.22. The van der Waals surface area contributed by atoms with E-state index in [1.54, 1.807) is 20.3 Å². The first-order valence-electron chi connectivity index (χ1n) is 10.4. The first kappa shape index (κ1) is 22.2. The van der Waals surface area contributed by atoms with Crippen LogP contribution in [0.2, 0.25) is 0 Å². The molecular weight excluding hydrogens is 388 g/mol. The lowest BCUT2D eigenvalue weighted by Crippen LogP contribution is -2.06. The number of nitrogens with zero attached hydrogens (tertiary/aromatic N) is 2. The van der Waals surface area contributed by atoms with Gasteiger partial charge in [0.05, 0.1) is 19.8 Å². The molecule has 162 valence electrons. The van der Waals surface area contributed by atoms with Crippen LogP contribution in [0.3, 0.4) is 0 Å². The minimum atomic E-state index is 0.323. The number of hydrogen-bond acceptors (Lipinski definition) is 4. The topological polar surface area (TPSA) is 45.5 Å². The van der Waals surface area contributed by atoms with Gasteiger partial charge in [-0.3, -0.25) is 0 Å². The molecule has 1 aromatic heterocycles. The van der Waals surface area contributed by atoms with Gasteiger partial charge in [-0.25, -0.2) is 4.98 Å². The number of hydrogen-bond donors (Lipinski definition) is 0. The normalized spacial score (nSPS) is 12.0. The van der Waals surface area contributed by atoms with Crippen LogP contribution in [-0.2, 0) is 0 Å². The average molecular weight is 419 g/mol. The van der Waals surface area contributed by atoms with Crippen LogP contribution >= 0.6 is 0 Å². The van der Waals surface area contributed by atoms with Gasteiger partial charge in [0.15, 0.2) is 0 Å². The zero-order valence-corrected chi connectivity index (χ0v) is 18.7.